The largest absolute Gasteiger partial charge is 0.273 e. The van der Waals surface area contributed by atoms with Crippen molar-refractivity contribution in [3.05, 3.63) is 47.1 Å². The zero-order chi connectivity index (χ0) is 15.0. The average molecular weight is 340 g/mol. The van der Waals surface area contributed by atoms with Crippen molar-refractivity contribution >= 4 is 49.7 Å². The molecule has 8 heteroatoms. The Morgan fingerprint density at radius 3 is 2.48 bits per heavy atom. The van der Waals surface area contributed by atoms with E-state index in [-0.39, 0.29) is 4.21 Å². The third kappa shape index (κ3) is 2.59. The van der Waals surface area contributed by atoms with Gasteiger partial charge in [-0.2, -0.15) is 0 Å². The maximum atomic E-state index is 12.5. The topological polar surface area (TPSA) is 63.2 Å². The number of nitrogens with zero attached hydrogens (tertiary/aromatic N) is 3. The molecule has 0 saturated heterocycles. The van der Waals surface area contributed by atoms with Crippen LogP contribution in [0.1, 0.15) is 0 Å². The summed E-state index contributed by atoms with van der Waals surface area (Å²) in [4.78, 5) is 8.34. The third-order valence-corrected chi connectivity index (χ3v) is 6.46. The van der Waals surface area contributed by atoms with E-state index in [0.29, 0.717) is 21.1 Å². The molecule has 0 radical (unpaired) electrons. The Bertz CT molecular complexity index is 908. The Morgan fingerprint density at radius 2 is 1.81 bits per heavy atom. The molecule has 0 atom stereocenters. The van der Waals surface area contributed by atoms with Gasteiger partial charge in [-0.1, -0.05) is 11.6 Å². The van der Waals surface area contributed by atoms with Crippen LogP contribution in [-0.4, -0.2) is 25.4 Å². The summed E-state index contributed by atoms with van der Waals surface area (Å²) in [6.07, 6.45) is 3.16. The van der Waals surface area contributed by atoms with E-state index >= 15 is 0 Å². The quantitative estimate of drug-likeness (QED) is 0.735. The zero-order valence-electron chi connectivity index (χ0n) is 10.9. The number of aromatic nitrogens is 2. The summed E-state index contributed by atoms with van der Waals surface area (Å²) in [6, 6.07) is 8.20. The Balaban J connectivity index is 2.05. The normalized spacial score (nSPS) is 11.7. The van der Waals surface area contributed by atoms with Gasteiger partial charge >= 0.3 is 0 Å². The molecule has 0 spiro atoms. The highest BCUT2D eigenvalue weighted by Gasteiger charge is 2.23. The third-order valence-electron chi connectivity index (χ3n) is 2.98. The first-order valence-corrected chi connectivity index (χ1v) is 8.57. The van der Waals surface area contributed by atoms with Crippen LogP contribution >= 0.6 is 22.9 Å². The molecule has 2 heterocycles. The number of hydrogen-bond donors (Lipinski definition) is 0. The lowest BCUT2D eigenvalue weighted by Gasteiger charge is -2.18. The maximum absolute atomic E-state index is 12.5. The van der Waals surface area contributed by atoms with Gasteiger partial charge in [-0.3, -0.25) is 14.3 Å². The molecule has 0 fully saturated rings. The smallest absolute Gasteiger partial charge is 0.269 e. The van der Waals surface area contributed by atoms with Crippen LogP contribution in [-0.2, 0) is 10.0 Å². The number of rotatable bonds is 3. The van der Waals surface area contributed by atoms with Gasteiger partial charge in [0.1, 0.15) is 4.21 Å². The first kappa shape index (κ1) is 14.2. The van der Waals surface area contributed by atoms with Gasteiger partial charge < -0.3 is 0 Å². The minimum Gasteiger partial charge on any atom is -0.269 e. The first-order valence-electron chi connectivity index (χ1n) is 5.93. The summed E-state index contributed by atoms with van der Waals surface area (Å²) in [5.41, 5.74) is 1.88. The number of sulfonamides is 1. The van der Waals surface area contributed by atoms with E-state index in [1.54, 1.807) is 36.7 Å². The van der Waals surface area contributed by atoms with Gasteiger partial charge in [-0.05, 0) is 30.3 Å². The fourth-order valence-electron chi connectivity index (χ4n) is 1.86. The summed E-state index contributed by atoms with van der Waals surface area (Å²) in [5.74, 6) is 0. The summed E-state index contributed by atoms with van der Waals surface area (Å²) >= 11 is 6.84. The predicted molar refractivity (Wildman–Crippen MR) is 84.5 cm³/mol. The molecule has 0 bridgehead atoms. The van der Waals surface area contributed by atoms with Crippen molar-refractivity contribution in [1.29, 1.82) is 0 Å². The average Bonchev–Trinajstić information content (AvgIpc) is 2.93. The van der Waals surface area contributed by atoms with Gasteiger partial charge in [0.15, 0.2) is 0 Å². The minimum atomic E-state index is -3.62. The van der Waals surface area contributed by atoms with Crippen molar-refractivity contribution in [3.63, 3.8) is 0 Å². The molecule has 21 heavy (non-hydrogen) atoms. The number of thiophene rings is 1. The van der Waals surface area contributed by atoms with E-state index in [4.69, 9.17) is 11.6 Å². The number of hydrogen-bond acceptors (Lipinski definition) is 5. The van der Waals surface area contributed by atoms with Gasteiger partial charge in [-0.15, -0.1) is 11.3 Å². The number of anilines is 1. The molecule has 0 unspecified atom stereocenters. The predicted octanol–water partition coefficient (Wildman–Crippen LogP) is 3.17. The molecular formula is C13H10ClN3O2S2. The first-order chi connectivity index (χ1) is 9.98. The highest BCUT2D eigenvalue weighted by molar-refractivity contribution is 7.94. The van der Waals surface area contributed by atoms with Crippen molar-refractivity contribution in [2.24, 2.45) is 0 Å². The maximum Gasteiger partial charge on any atom is 0.273 e. The molecule has 0 aliphatic heterocycles. The molecule has 3 aromatic rings. The molecule has 0 aliphatic rings. The van der Waals surface area contributed by atoms with Crippen LogP contribution in [0.5, 0.6) is 0 Å². The second kappa shape index (κ2) is 5.25. The van der Waals surface area contributed by atoms with Crippen molar-refractivity contribution in [1.82, 2.24) is 9.97 Å². The highest BCUT2D eigenvalue weighted by Crippen LogP contribution is 2.30. The molecule has 108 valence electrons. The van der Waals surface area contributed by atoms with Crippen molar-refractivity contribution < 1.29 is 8.42 Å². The lowest BCUT2D eigenvalue weighted by atomic mass is 10.2. The lowest BCUT2D eigenvalue weighted by Crippen LogP contribution is -2.25. The van der Waals surface area contributed by atoms with E-state index in [0.717, 1.165) is 11.3 Å². The van der Waals surface area contributed by atoms with E-state index in [9.17, 15) is 8.42 Å². The second-order valence-electron chi connectivity index (χ2n) is 4.26. The number of benzene rings is 1. The summed E-state index contributed by atoms with van der Waals surface area (Å²) < 4.78 is 26.9. The molecule has 5 nitrogen and oxygen atoms in total. The molecule has 0 N–H and O–H groups in total. The molecule has 1 aromatic carbocycles. The van der Waals surface area contributed by atoms with Crippen LogP contribution in [0.4, 0.5) is 5.69 Å². The molecule has 2 aromatic heterocycles. The van der Waals surface area contributed by atoms with Gasteiger partial charge in [0, 0.05) is 19.4 Å². The summed E-state index contributed by atoms with van der Waals surface area (Å²) in [6.45, 7) is 0. The van der Waals surface area contributed by atoms with E-state index < -0.39 is 10.0 Å². The molecule has 3 rings (SSSR count). The van der Waals surface area contributed by atoms with Crippen molar-refractivity contribution in [2.45, 2.75) is 4.21 Å². The monoisotopic (exact) mass is 339 g/mol. The summed E-state index contributed by atoms with van der Waals surface area (Å²) in [7, 11) is -2.12. The summed E-state index contributed by atoms with van der Waals surface area (Å²) in [5, 5.41) is 0. The van der Waals surface area contributed by atoms with Crippen molar-refractivity contribution in [3.8, 4) is 0 Å². The molecule has 0 amide bonds. The standard InChI is InChI=1S/C13H10ClN3O2S2/c1-17(21(18,19)13-5-4-12(14)20-13)9-2-3-10-11(8-9)16-7-6-15-10/h2-8H,1H3. The van der Waals surface area contributed by atoms with Gasteiger partial charge in [0.25, 0.3) is 10.0 Å². The Morgan fingerprint density at radius 1 is 1.10 bits per heavy atom. The van der Waals surface area contributed by atoms with Crippen LogP contribution in [0.25, 0.3) is 11.0 Å². The van der Waals surface area contributed by atoms with Crippen LogP contribution in [0.2, 0.25) is 4.34 Å². The molecule has 0 saturated carbocycles. The zero-order valence-corrected chi connectivity index (χ0v) is 13.3. The van der Waals surface area contributed by atoms with E-state index in [1.165, 1.54) is 17.4 Å². The van der Waals surface area contributed by atoms with Crippen LogP contribution in [0.15, 0.2) is 46.9 Å². The molecule has 0 aliphatic carbocycles. The number of fused-ring (bicyclic) bond motifs is 1. The Labute approximate surface area is 130 Å². The minimum absolute atomic E-state index is 0.203. The molecular weight excluding hydrogens is 330 g/mol. The van der Waals surface area contributed by atoms with Crippen LogP contribution in [0.3, 0.4) is 0 Å². The van der Waals surface area contributed by atoms with Crippen LogP contribution < -0.4 is 4.31 Å². The SMILES string of the molecule is CN(c1ccc2nccnc2c1)S(=O)(=O)c1ccc(Cl)s1. The van der Waals surface area contributed by atoms with Crippen LogP contribution in [0, 0.1) is 0 Å². The fraction of sp³-hybridized carbons (Fsp3) is 0.0769. The van der Waals surface area contributed by atoms with Crippen molar-refractivity contribution in [2.75, 3.05) is 11.4 Å². The Kier molecular flexibility index (Phi) is 3.56. The van der Waals surface area contributed by atoms with Gasteiger partial charge in [-0.25, -0.2) is 8.42 Å². The second-order valence-corrected chi connectivity index (χ2v) is 8.17. The Hall–Kier alpha value is -1.70. The number of halogens is 1. The van der Waals surface area contributed by atoms with Gasteiger partial charge in [0.2, 0.25) is 0 Å². The van der Waals surface area contributed by atoms with E-state index in [2.05, 4.69) is 9.97 Å². The van der Waals surface area contributed by atoms with Gasteiger partial charge in [0.05, 0.1) is 21.1 Å². The van der Waals surface area contributed by atoms with E-state index in [1.807, 2.05) is 0 Å². The highest BCUT2D eigenvalue weighted by atomic mass is 35.5. The fourth-order valence-corrected chi connectivity index (χ4v) is 4.70. The lowest BCUT2D eigenvalue weighted by molar-refractivity contribution is 0.596.